The van der Waals surface area contributed by atoms with Gasteiger partial charge in [0.2, 0.25) is 0 Å². The third-order valence-corrected chi connectivity index (χ3v) is 4.02. The number of rotatable bonds is 2. The lowest BCUT2D eigenvalue weighted by Crippen LogP contribution is -2.58. The lowest BCUT2D eigenvalue weighted by Gasteiger charge is -2.45. The Bertz CT molecular complexity index is 435. The number of pyridine rings is 1. The number of morpholine rings is 1. The van der Waals surface area contributed by atoms with Gasteiger partial charge in [-0.15, -0.1) is 0 Å². The van der Waals surface area contributed by atoms with Crippen LogP contribution >= 0.6 is 0 Å². The van der Waals surface area contributed by atoms with Gasteiger partial charge in [0.1, 0.15) is 5.82 Å². The van der Waals surface area contributed by atoms with Gasteiger partial charge in [-0.1, -0.05) is 6.07 Å². The van der Waals surface area contributed by atoms with Gasteiger partial charge in [0.25, 0.3) is 0 Å². The maximum Gasteiger partial charge on any atom is 0.127 e. The summed E-state index contributed by atoms with van der Waals surface area (Å²) >= 11 is 0. The first-order valence-corrected chi connectivity index (χ1v) is 6.77. The molecule has 0 radical (unpaired) electrons. The van der Waals surface area contributed by atoms with Gasteiger partial charge >= 0.3 is 0 Å². The topological polar surface area (TPSA) is 57.6 Å². The van der Waals surface area contributed by atoms with Gasteiger partial charge in [0.05, 0.1) is 18.8 Å². The first kappa shape index (κ1) is 12.8. The molecule has 1 aromatic heterocycles. The van der Waals surface area contributed by atoms with Crippen molar-refractivity contribution in [1.29, 1.82) is 0 Å². The highest BCUT2D eigenvalue weighted by Gasteiger charge is 2.42. The van der Waals surface area contributed by atoms with Gasteiger partial charge in [0, 0.05) is 37.9 Å². The Hall–Kier alpha value is -1.17. The predicted octanol–water partition coefficient (Wildman–Crippen LogP) is 0.486. The second-order valence-corrected chi connectivity index (χ2v) is 5.84. The number of nitrogens with zero attached hydrogens (tertiary/aromatic N) is 2. The van der Waals surface area contributed by atoms with Crippen LogP contribution in [0.5, 0.6) is 0 Å². The van der Waals surface area contributed by atoms with Gasteiger partial charge in [-0.3, -0.25) is 0 Å². The van der Waals surface area contributed by atoms with Crippen LogP contribution in [-0.2, 0) is 10.3 Å². The Balaban J connectivity index is 1.83. The zero-order chi connectivity index (χ0) is 13.5. The van der Waals surface area contributed by atoms with E-state index in [4.69, 9.17) is 4.74 Å². The monoisotopic (exact) mass is 263 g/mol. The van der Waals surface area contributed by atoms with Crippen molar-refractivity contribution in [1.82, 2.24) is 10.3 Å². The smallest absolute Gasteiger partial charge is 0.127 e. The molecule has 104 valence electrons. The first-order chi connectivity index (χ1) is 9.07. The summed E-state index contributed by atoms with van der Waals surface area (Å²) in [5.74, 6) is 0.907. The molecule has 5 heteroatoms. The Morgan fingerprint density at radius 2 is 2.00 bits per heavy atom. The van der Waals surface area contributed by atoms with E-state index in [1.807, 2.05) is 31.1 Å². The summed E-state index contributed by atoms with van der Waals surface area (Å²) in [5.41, 5.74) is 0.138. The molecule has 0 spiro atoms. The van der Waals surface area contributed by atoms with E-state index < -0.39 is 5.60 Å². The summed E-state index contributed by atoms with van der Waals surface area (Å²) in [6, 6.07) is 4.43. The van der Waals surface area contributed by atoms with Crippen molar-refractivity contribution in [3.8, 4) is 0 Å². The van der Waals surface area contributed by atoms with Crippen molar-refractivity contribution in [3.63, 3.8) is 0 Å². The van der Waals surface area contributed by atoms with Crippen molar-refractivity contribution in [2.45, 2.75) is 30.5 Å². The lowest BCUT2D eigenvalue weighted by atomic mass is 9.79. The van der Waals surface area contributed by atoms with Crippen LogP contribution in [0.25, 0.3) is 0 Å². The molecule has 0 amide bonds. The Morgan fingerprint density at radius 1 is 1.32 bits per heavy atom. The Labute approximate surface area is 113 Å². The van der Waals surface area contributed by atoms with E-state index in [1.165, 1.54) is 0 Å². The molecule has 0 aliphatic carbocycles. The highest BCUT2D eigenvalue weighted by molar-refractivity contribution is 5.38. The summed E-state index contributed by atoms with van der Waals surface area (Å²) in [6.07, 6.45) is 3.18. The van der Waals surface area contributed by atoms with Crippen molar-refractivity contribution in [3.05, 3.63) is 23.9 Å². The molecule has 2 atom stereocenters. The van der Waals surface area contributed by atoms with E-state index in [1.54, 1.807) is 6.20 Å². The molecule has 3 heterocycles. The molecular weight excluding hydrogens is 242 g/mol. The lowest BCUT2D eigenvalue weighted by molar-refractivity contribution is -0.0803. The summed E-state index contributed by atoms with van der Waals surface area (Å²) in [5, 5.41) is 14.4. The van der Waals surface area contributed by atoms with Gasteiger partial charge in [-0.05, 0) is 18.9 Å². The maximum atomic E-state index is 10.9. The SMILES string of the molecule is CN(C)c1ccc(C2(O)CC3COCC(C2)N3)cn1. The minimum atomic E-state index is -0.776. The third-order valence-electron chi connectivity index (χ3n) is 4.02. The fourth-order valence-corrected chi connectivity index (χ4v) is 3.08. The largest absolute Gasteiger partial charge is 0.385 e. The molecule has 19 heavy (non-hydrogen) atoms. The van der Waals surface area contributed by atoms with Crippen LogP contribution < -0.4 is 10.2 Å². The second-order valence-electron chi connectivity index (χ2n) is 5.84. The fraction of sp³-hybridized carbons (Fsp3) is 0.643. The van der Waals surface area contributed by atoms with Gasteiger partial charge in [-0.25, -0.2) is 4.98 Å². The molecule has 5 nitrogen and oxygen atoms in total. The quantitative estimate of drug-likeness (QED) is 0.813. The molecule has 2 aliphatic heterocycles. The minimum Gasteiger partial charge on any atom is -0.385 e. The van der Waals surface area contributed by atoms with E-state index >= 15 is 0 Å². The van der Waals surface area contributed by atoms with E-state index in [0.29, 0.717) is 26.1 Å². The predicted molar refractivity (Wildman–Crippen MR) is 73.2 cm³/mol. The second kappa shape index (κ2) is 4.74. The molecule has 2 saturated heterocycles. The molecule has 3 rings (SSSR count). The zero-order valence-electron chi connectivity index (χ0n) is 11.5. The number of piperidine rings is 1. The van der Waals surface area contributed by atoms with Crippen molar-refractivity contribution >= 4 is 5.82 Å². The molecular formula is C14H21N3O2. The molecule has 0 saturated carbocycles. The van der Waals surface area contributed by atoms with Crippen molar-refractivity contribution in [2.75, 3.05) is 32.2 Å². The van der Waals surface area contributed by atoms with Crippen LogP contribution in [0.1, 0.15) is 18.4 Å². The van der Waals surface area contributed by atoms with Crippen LogP contribution in [-0.4, -0.2) is 49.5 Å². The number of ether oxygens (including phenoxy) is 1. The number of hydrogen-bond donors (Lipinski definition) is 2. The maximum absolute atomic E-state index is 10.9. The summed E-state index contributed by atoms with van der Waals surface area (Å²) < 4.78 is 5.52. The van der Waals surface area contributed by atoms with Gasteiger partial charge in [-0.2, -0.15) is 0 Å². The number of anilines is 1. The normalized spacial score (nSPS) is 34.1. The third kappa shape index (κ3) is 2.45. The molecule has 0 aromatic carbocycles. The molecule has 2 fully saturated rings. The van der Waals surface area contributed by atoms with E-state index in [2.05, 4.69) is 10.3 Å². The van der Waals surface area contributed by atoms with Gasteiger partial charge < -0.3 is 20.1 Å². The molecule has 2 unspecified atom stereocenters. The highest BCUT2D eigenvalue weighted by atomic mass is 16.5. The standard InChI is InChI=1S/C14H21N3O2/c1-17(2)13-4-3-10(7-15-13)14(18)5-11-8-19-9-12(6-14)16-11/h3-4,7,11-12,16,18H,5-6,8-9H2,1-2H3. The summed E-state index contributed by atoms with van der Waals surface area (Å²) in [6.45, 7) is 1.37. The number of aliphatic hydroxyl groups is 1. The molecule has 1 aromatic rings. The van der Waals surface area contributed by atoms with Crippen molar-refractivity contribution < 1.29 is 9.84 Å². The van der Waals surface area contributed by atoms with Gasteiger partial charge in [0.15, 0.2) is 0 Å². The zero-order valence-corrected chi connectivity index (χ0v) is 11.5. The summed E-state index contributed by atoms with van der Waals surface area (Å²) in [7, 11) is 3.92. The molecule has 2 N–H and O–H groups in total. The van der Waals surface area contributed by atoms with Crippen LogP contribution in [0.15, 0.2) is 18.3 Å². The average molecular weight is 263 g/mol. The van der Waals surface area contributed by atoms with E-state index in [-0.39, 0.29) is 12.1 Å². The Morgan fingerprint density at radius 3 is 2.53 bits per heavy atom. The van der Waals surface area contributed by atoms with Crippen molar-refractivity contribution in [2.24, 2.45) is 0 Å². The molecule has 2 bridgehead atoms. The highest BCUT2D eigenvalue weighted by Crippen LogP contribution is 2.36. The number of aromatic nitrogens is 1. The first-order valence-electron chi connectivity index (χ1n) is 6.77. The van der Waals surface area contributed by atoms with Crippen LogP contribution in [0.2, 0.25) is 0 Å². The average Bonchev–Trinajstić information content (AvgIpc) is 2.38. The van der Waals surface area contributed by atoms with E-state index in [0.717, 1.165) is 11.4 Å². The summed E-state index contributed by atoms with van der Waals surface area (Å²) in [4.78, 5) is 6.36. The number of hydrogen-bond acceptors (Lipinski definition) is 5. The van der Waals surface area contributed by atoms with Crippen LogP contribution in [0.3, 0.4) is 0 Å². The Kier molecular flexibility index (Phi) is 3.20. The van der Waals surface area contributed by atoms with Crippen LogP contribution in [0, 0.1) is 0 Å². The van der Waals surface area contributed by atoms with E-state index in [9.17, 15) is 5.11 Å². The minimum absolute atomic E-state index is 0.242. The number of nitrogens with one attached hydrogen (secondary N) is 1. The molecule has 2 aliphatic rings. The number of fused-ring (bicyclic) bond motifs is 2. The fourth-order valence-electron chi connectivity index (χ4n) is 3.08. The van der Waals surface area contributed by atoms with Crippen LogP contribution in [0.4, 0.5) is 5.82 Å².